The molecule has 0 saturated carbocycles. The maximum absolute atomic E-state index is 11.6. The van der Waals surface area contributed by atoms with Crippen LogP contribution in [0, 0.1) is 0 Å². The van der Waals surface area contributed by atoms with Crippen LogP contribution in [0.1, 0.15) is 11.3 Å². The molecule has 39 heavy (non-hydrogen) atoms. The van der Waals surface area contributed by atoms with Crippen molar-refractivity contribution in [2.45, 2.75) is 6.42 Å². The number of rotatable bonds is 8. The lowest BCUT2D eigenvalue weighted by Crippen LogP contribution is -2.06. The number of nitrogens with zero attached hydrogens (tertiary/aromatic N) is 3. The largest absolute Gasteiger partial charge is 0.495 e. The van der Waals surface area contributed by atoms with E-state index >= 15 is 0 Å². The van der Waals surface area contributed by atoms with E-state index in [2.05, 4.69) is 22.2 Å². The molecule has 10 heteroatoms. The van der Waals surface area contributed by atoms with Gasteiger partial charge in [0.1, 0.15) is 23.0 Å². The Morgan fingerprint density at radius 3 is 2.38 bits per heavy atom. The molecule has 1 amide bonds. The van der Waals surface area contributed by atoms with Crippen LogP contribution in [0.5, 0.6) is 11.5 Å². The third-order valence-electron chi connectivity index (χ3n) is 6.36. The average Bonchev–Trinajstić information content (AvgIpc) is 3.38. The highest BCUT2D eigenvalue weighted by Crippen LogP contribution is 2.47. The maximum atomic E-state index is 11.6. The van der Waals surface area contributed by atoms with Gasteiger partial charge in [-0.3, -0.25) is 9.20 Å². The predicted molar refractivity (Wildman–Crippen MR) is 157 cm³/mol. The molecule has 0 aliphatic rings. The van der Waals surface area contributed by atoms with Gasteiger partial charge in [-0.1, -0.05) is 41.9 Å². The normalized spacial score (nSPS) is 11.0. The lowest BCUT2D eigenvalue weighted by Gasteiger charge is -2.16. The van der Waals surface area contributed by atoms with Crippen LogP contribution in [0.4, 0.5) is 11.5 Å². The minimum Gasteiger partial charge on any atom is -0.495 e. The number of amides is 1. The van der Waals surface area contributed by atoms with Crippen LogP contribution in [0.3, 0.4) is 0 Å². The highest BCUT2D eigenvalue weighted by atomic mass is 35.5. The van der Waals surface area contributed by atoms with E-state index in [-0.39, 0.29) is 5.91 Å². The van der Waals surface area contributed by atoms with E-state index < -0.39 is 0 Å². The second-order valence-corrected chi connectivity index (χ2v) is 9.47. The molecule has 0 bridgehead atoms. The smallest absolute Gasteiger partial charge is 0.247 e. The summed E-state index contributed by atoms with van der Waals surface area (Å²) >= 11 is 13.6. The Morgan fingerprint density at radius 2 is 1.77 bits per heavy atom. The summed E-state index contributed by atoms with van der Waals surface area (Å²) in [4.78, 5) is 21.1. The van der Waals surface area contributed by atoms with Gasteiger partial charge in [0.2, 0.25) is 5.91 Å². The molecule has 0 spiro atoms. The van der Waals surface area contributed by atoms with Crippen LogP contribution in [-0.4, -0.2) is 41.5 Å². The van der Waals surface area contributed by atoms with E-state index in [1.807, 2.05) is 54.0 Å². The molecular formula is C29H25Cl2N5O3. The third kappa shape index (κ3) is 4.96. The second-order valence-electron chi connectivity index (χ2n) is 8.71. The highest BCUT2D eigenvalue weighted by molar-refractivity contribution is 6.41. The van der Waals surface area contributed by atoms with Crippen molar-refractivity contribution < 1.29 is 14.3 Å². The summed E-state index contributed by atoms with van der Waals surface area (Å²) in [5.74, 6) is 1.34. The van der Waals surface area contributed by atoms with Crippen LogP contribution in [-0.2, 0) is 11.2 Å². The number of aromatic nitrogens is 3. The van der Waals surface area contributed by atoms with Gasteiger partial charge in [-0.15, -0.1) is 0 Å². The van der Waals surface area contributed by atoms with Crippen molar-refractivity contribution in [3.05, 3.63) is 88.8 Å². The number of hydrogen-bond acceptors (Lipinski definition) is 6. The number of carbonyl (C=O) groups is 1. The first-order valence-corrected chi connectivity index (χ1v) is 12.7. The Hall–Kier alpha value is -4.27. The zero-order valence-electron chi connectivity index (χ0n) is 21.5. The fourth-order valence-corrected chi connectivity index (χ4v) is 5.14. The van der Waals surface area contributed by atoms with Gasteiger partial charge >= 0.3 is 0 Å². The predicted octanol–water partition coefficient (Wildman–Crippen LogP) is 6.63. The fourth-order valence-electron chi connectivity index (χ4n) is 4.43. The van der Waals surface area contributed by atoms with E-state index in [1.165, 1.54) is 6.08 Å². The first-order valence-electron chi connectivity index (χ1n) is 12.0. The van der Waals surface area contributed by atoms with Gasteiger partial charge in [-0.2, -0.15) is 0 Å². The first-order chi connectivity index (χ1) is 18.9. The molecule has 0 atom stereocenters. The van der Waals surface area contributed by atoms with E-state index in [9.17, 15) is 4.79 Å². The molecule has 5 rings (SSSR count). The van der Waals surface area contributed by atoms with Crippen LogP contribution < -0.4 is 20.1 Å². The molecule has 0 saturated heterocycles. The molecule has 3 aromatic heterocycles. The number of nitrogens with one attached hydrogen (secondary N) is 2. The van der Waals surface area contributed by atoms with Crippen LogP contribution in [0.2, 0.25) is 10.0 Å². The first kappa shape index (κ1) is 26.3. The van der Waals surface area contributed by atoms with Crippen molar-refractivity contribution in [2.75, 3.05) is 31.9 Å². The summed E-state index contributed by atoms with van der Waals surface area (Å²) < 4.78 is 13.0. The number of methoxy groups -OCH3 is 2. The fraction of sp³-hybridized carbons (Fsp3) is 0.138. The van der Waals surface area contributed by atoms with E-state index in [0.717, 1.165) is 28.0 Å². The Morgan fingerprint density at radius 1 is 1.08 bits per heavy atom. The summed E-state index contributed by atoms with van der Waals surface area (Å²) in [5.41, 5.74) is 5.39. The van der Waals surface area contributed by atoms with Crippen LogP contribution in [0.25, 0.3) is 27.7 Å². The molecular weight excluding hydrogens is 537 g/mol. The number of fused-ring (bicyclic) bond motifs is 3. The SMILES string of the molecule is C=CC(=O)Nc1ccc(Cc2cn3c(n2)c(-c2c(Cl)c(OC)cc(OC)c2Cl)cc2cnc(NC)cc23)cc1. The zero-order chi connectivity index (χ0) is 27.7. The molecule has 2 aromatic carbocycles. The molecule has 0 aliphatic heterocycles. The lowest BCUT2D eigenvalue weighted by molar-refractivity contribution is -0.111. The molecule has 0 radical (unpaired) electrons. The quantitative estimate of drug-likeness (QED) is 0.207. The lowest BCUT2D eigenvalue weighted by atomic mass is 10.0. The van der Waals surface area contributed by atoms with Gasteiger partial charge < -0.3 is 20.1 Å². The summed E-state index contributed by atoms with van der Waals surface area (Å²) in [6.07, 6.45) is 5.58. The van der Waals surface area contributed by atoms with E-state index in [0.29, 0.717) is 50.4 Å². The maximum Gasteiger partial charge on any atom is 0.247 e. The van der Waals surface area contributed by atoms with Crippen molar-refractivity contribution in [1.82, 2.24) is 14.4 Å². The number of ether oxygens (including phenoxy) is 2. The Bertz CT molecular complexity index is 1700. The van der Waals surface area contributed by atoms with Crippen molar-refractivity contribution in [3.63, 3.8) is 0 Å². The molecule has 198 valence electrons. The molecule has 8 nitrogen and oxygen atoms in total. The Kier molecular flexibility index (Phi) is 7.32. The molecule has 0 aliphatic carbocycles. The number of imidazole rings is 1. The summed E-state index contributed by atoms with van der Waals surface area (Å²) in [6, 6.07) is 13.2. The molecule has 2 N–H and O–H groups in total. The van der Waals surface area contributed by atoms with E-state index in [4.69, 9.17) is 37.7 Å². The number of hydrogen-bond donors (Lipinski definition) is 2. The molecule has 0 fully saturated rings. The van der Waals surface area contributed by atoms with Crippen LogP contribution in [0.15, 0.2) is 67.5 Å². The highest BCUT2D eigenvalue weighted by Gasteiger charge is 2.23. The summed E-state index contributed by atoms with van der Waals surface area (Å²) in [6.45, 7) is 3.48. The van der Waals surface area contributed by atoms with Gasteiger partial charge in [-0.25, -0.2) is 9.97 Å². The number of halogens is 2. The summed E-state index contributed by atoms with van der Waals surface area (Å²) in [7, 11) is 4.90. The monoisotopic (exact) mass is 561 g/mol. The summed E-state index contributed by atoms with van der Waals surface area (Å²) in [5, 5.41) is 7.43. The third-order valence-corrected chi connectivity index (χ3v) is 7.11. The molecule has 0 unspecified atom stereocenters. The van der Waals surface area contributed by atoms with Crippen molar-refractivity contribution in [2.24, 2.45) is 0 Å². The Balaban J connectivity index is 1.69. The minimum atomic E-state index is -0.260. The second kappa shape index (κ2) is 10.8. The number of carbonyl (C=O) groups excluding carboxylic acids is 1. The van der Waals surface area contributed by atoms with Gasteiger partial charge in [-0.05, 0) is 29.8 Å². The van der Waals surface area contributed by atoms with Gasteiger partial charge in [0.05, 0.1) is 35.5 Å². The molecule has 5 aromatic rings. The van der Waals surface area contributed by atoms with Crippen LogP contribution >= 0.6 is 23.2 Å². The number of anilines is 2. The number of pyridine rings is 2. The minimum absolute atomic E-state index is 0.260. The van der Waals surface area contributed by atoms with E-state index in [1.54, 1.807) is 26.5 Å². The molecule has 3 heterocycles. The van der Waals surface area contributed by atoms with Crippen molar-refractivity contribution >= 4 is 57.2 Å². The van der Waals surface area contributed by atoms with Gasteiger partial charge in [0, 0.05) is 60.2 Å². The van der Waals surface area contributed by atoms with Crippen molar-refractivity contribution in [1.29, 1.82) is 0 Å². The van der Waals surface area contributed by atoms with Gasteiger partial charge in [0.15, 0.2) is 0 Å². The van der Waals surface area contributed by atoms with Gasteiger partial charge in [0.25, 0.3) is 0 Å². The standard InChI is InChI=1S/C29H25Cl2N5O3/c1-5-25(37)34-18-8-6-16(7-9-18)10-19-15-36-21-12-24(32-2)33-14-17(21)11-20(29(36)35-19)26-27(30)22(38-3)13-23(39-4)28(26)31/h5-9,11-15H,1,10H2,2-4H3,(H,32,33)(H,34,37). The average molecular weight is 562 g/mol. The van der Waals surface area contributed by atoms with Crippen molar-refractivity contribution in [3.8, 4) is 22.6 Å². The number of benzene rings is 2. The zero-order valence-corrected chi connectivity index (χ0v) is 23.0. The Labute approximate surface area is 235 Å². The topological polar surface area (TPSA) is 89.8 Å².